The standard InChI is InChI=1S/C23H23N7O2/c1-4-30(21-19-8-6-16(12-24)28(19)10-9-26-21)27-13-15-5-7-17-18(11-15)23(2,3)29(22(17)32)14-20(25)31/h5-11,13H,4,14H2,1-3H3,(H2,25,31)/b27-13+. The molecule has 0 saturated heterocycles. The van der Waals surface area contributed by atoms with Gasteiger partial charge in [-0.15, -0.1) is 0 Å². The van der Waals surface area contributed by atoms with Crippen LogP contribution >= 0.6 is 0 Å². The second-order valence-electron chi connectivity index (χ2n) is 8.02. The number of rotatable bonds is 6. The Morgan fingerprint density at radius 3 is 2.81 bits per heavy atom. The van der Waals surface area contributed by atoms with Crippen molar-refractivity contribution in [2.75, 3.05) is 18.1 Å². The van der Waals surface area contributed by atoms with Crippen molar-refractivity contribution >= 4 is 29.4 Å². The maximum Gasteiger partial charge on any atom is 0.255 e. The average molecular weight is 429 g/mol. The van der Waals surface area contributed by atoms with Crippen molar-refractivity contribution in [2.45, 2.75) is 26.3 Å². The number of fused-ring (bicyclic) bond motifs is 2. The number of nitrogens with two attached hydrogens (primary N) is 1. The van der Waals surface area contributed by atoms with Crippen LogP contribution in [0.25, 0.3) is 5.52 Å². The van der Waals surface area contributed by atoms with Crippen LogP contribution in [0.15, 0.2) is 47.8 Å². The van der Waals surface area contributed by atoms with Gasteiger partial charge in [-0.1, -0.05) is 6.07 Å². The Bertz CT molecular complexity index is 1300. The van der Waals surface area contributed by atoms with Gasteiger partial charge in [-0.2, -0.15) is 10.4 Å². The molecule has 2 aromatic heterocycles. The Hall–Kier alpha value is -4.19. The molecule has 9 nitrogen and oxygen atoms in total. The van der Waals surface area contributed by atoms with E-state index < -0.39 is 11.4 Å². The Kier molecular flexibility index (Phi) is 5.14. The van der Waals surface area contributed by atoms with E-state index in [2.05, 4.69) is 16.2 Å². The summed E-state index contributed by atoms with van der Waals surface area (Å²) in [6.45, 7) is 6.18. The Morgan fingerprint density at radius 1 is 1.34 bits per heavy atom. The second kappa shape index (κ2) is 7.81. The van der Waals surface area contributed by atoms with Gasteiger partial charge in [-0.3, -0.25) is 9.59 Å². The number of benzene rings is 1. The minimum atomic E-state index is -0.664. The predicted octanol–water partition coefficient (Wildman–Crippen LogP) is 2.24. The molecule has 9 heteroatoms. The number of anilines is 1. The number of aromatic nitrogens is 2. The van der Waals surface area contributed by atoms with Gasteiger partial charge in [0.15, 0.2) is 5.82 Å². The molecular formula is C23H23N7O2. The molecular weight excluding hydrogens is 406 g/mol. The number of primary amides is 1. The van der Waals surface area contributed by atoms with Gasteiger partial charge in [-0.05, 0) is 56.2 Å². The van der Waals surface area contributed by atoms with Gasteiger partial charge in [0, 0.05) is 24.5 Å². The van der Waals surface area contributed by atoms with Crippen molar-refractivity contribution in [1.82, 2.24) is 14.3 Å². The third kappa shape index (κ3) is 3.36. The first-order valence-corrected chi connectivity index (χ1v) is 10.2. The van der Waals surface area contributed by atoms with Crippen molar-refractivity contribution in [2.24, 2.45) is 10.8 Å². The topological polar surface area (TPSA) is 120 Å². The van der Waals surface area contributed by atoms with Gasteiger partial charge in [0.1, 0.15) is 18.3 Å². The van der Waals surface area contributed by atoms with Gasteiger partial charge in [-0.25, -0.2) is 9.99 Å². The molecule has 0 saturated carbocycles. The normalized spacial score (nSPS) is 14.7. The molecule has 162 valence electrons. The highest BCUT2D eigenvalue weighted by Gasteiger charge is 2.43. The lowest BCUT2D eigenvalue weighted by Gasteiger charge is -2.31. The molecule has 1 aliphatic heterocycles. The minimum Gasteiger partial charge on any atom is -0.368 e. The summed E-state index contributed by atoms with van der Waals surface area (Å²) >= 11 is 0. The number of amides is 2. The summed E-state index contributed by atoms with van der Waals surface area (Å²) < 4.78 is 1.78. The Labute approximate surface area is 185 Å². The first-order valence-electron chi connectivity index (χ1n) is 10.2. The number of hydrogen-bond donors (Lipinski definition) is 1. The van der Waals surface area contributed by atoms with Crippen molar-refractivity contribution in [3.05, 3.63) is 65.1 Å². The molecule has 3 heterocycles. The zero-order valence-corrected chi connectivity index (χ0v) is 18.1. The van der Waals surface area contributed by atoms with Crippen LogP contribution in [0.4, 0.5) is 5.82 Å². The third-order valence-corrected chi connectivity index (χ3v) is 5.73. The lowest BCUT2D eigenvalue weighted by Crippen LogP contribution is -2.44. The summed E-state index contributed by atoms with van der Waals surface area (Å²) in [6, 6.07) is 11.2. The largest absolute Gasteiger partial charge is 0.368 e. The van der Waals surface area contributed by atoms with Crippen LogP contribution in [0.5, 0.6) is 0 Å². The molecule has 0 fully saturated rings. The van der Waals surface area contributed by atoms with E-state index >= 15 is 0 Å². The van der Waals surface area contributed by atoms with E-state index in [0.717, 1.165) is 16.6 Å². The highest BCUT2D eigenvalue weighted by Crippen LogP contribution is 2.38. The van der Waals surface area contributed by atoms with Crippen LogP contribution in [0, 0.1) is 11.3 Å². The Balaban J connectivity index is 1.67. The monoisotopic (exact) mass is 429 g/mol. The van der Waals surface area contributed by atoms with Crippen molar-refractivity contribution in [3.63, 3.8) is 0 Å². The first-order chi connectivity index (χ1) is 15.3. The minimum absolute atomic E-state index is 0.134. The van der Waals surface area contributed by atoms with Gasteiger partial charge in [0.05, 0.1) is 17.3 Å². The van der Waals surface area contributed by atoms with Crippen LogP contribution in [-0.4, -0.2) is 45.4 Å². The van der Waals surface area contributed by atoms with E-state index in [9.17, 15) is 14.9 Å². The van der Waals surface area contributed by atoms with Crippen molar-refractivity contribution in [1.29, 1.82) is 5.26 Å². The molecule has 0 spiro atoms. The van der Waals surface area contributed by atoms with E-state index in [1.54, 1.807) is 40.2 Å². The molecule has 3 aromatic rings. The van der Waals surface area contributed by atoms with E-state index in [0.29, 0.717) is 23.6 Å². The second-order valence-corrected chi connectivity index (χ2v) is 8.02. The van der Waals surface area contributed by atoms with Crippen molar-refractivity contribution < 1.29 is 9.59 Å². The fourth-order valence-corrected chi connectivity index (χ4v) is 4.05. The molecule has 0 aliphatic carbocycles. The summed E-state index contributed by atoms with van der Waals surface area (Å²) in [4.78, 5) is 30.1. The number of carbonyl (C=O) groups excluding carboxylic acids is 2. The number of hydrazone groups is 1. The zero-order chi connectivity index (χ0) is 23.0. The average Bonchev–Trinajstić information content (AvgIpc) is 3.27. The quantitative estimate of drug-likeness (QED) is 0.476. The lowest BCUT2D eigenvalue weighted by molar-refractivity contribution is -0.119. The SMILES string of the molecule is CCN(/N=C/c1ccc2c(c1)C(C)(C)N(CC(N)=O)C2=O)c1nccn2c(C#N)ccc12. The molecule has 2 N–H and O–H groups in total. The van der Waals surface area contributed by atoms with Crippen LogP contribution in [0.2, 0.25) is 0 Å². The van der Waals surface area contributed by atoms with Gasteiger partial charge in [0.25, 0.3) is 5.91 Å². The molecule has 4 rings (SSSR count). The molecule has 0 radical (unpaired) electrons. The van der Waals surface area contributed by atoms with Crippen LogP contribution in [0.1, 0.15) is 48.0 Å². The number of nitriles is 1. The van der Waals surface area contributed by atoms with E-state index in [4.69, 9.17) is 5.73 Å². The van der Waals surface area contributed by atoms with Gasteiger partial charge < -0.3 is 15.0 Å². The molecule has 0 unspecified atom stereocenters. The number of nitrogens with zero attached hydrogens (tertiary/aromatic N) is 6. The molecule has 0 bridgehead atoms. The highest BCUT2D eigenvalue weighted by molar-refractivity contribution is 6.02. The number of hydrogen-bond acceptors (Lipinski definition) is 6. The summed E-state index contributed by atoms with van der Waals surface area (Å²) in [6.07, 6.45) is 5.09. The third-order valence-electron chi connectivity index (χ3n) is 5.73. The number of carbonyl (C=O) groups is 2. The van der Waals surface area contributed by atoms with E-state index in [1.165, 1.54) is 4.90 Å². The summed E-state index contributed by atoms with van der Waals surface area (Å²) in [5, 5.41) is 15.6. The van der Waals surface area contributed by atoms with Gasteiger partial charge in [0.2, 0.25) is 5.91 Å². The maximum absolute atomic E-state index is 12.8. The fraction of sp³-hybridized carbons (Fsp3) is 0.261. The zero-order valence-electron chi connectivity index (χ0n) is 18.1. The van der Waals surface area contributed by atoms with E-state index in [-0.39, 0.29) is 12.5 Å². The Morgan fingerprint density at radius 2 is 2.12 bits per heavy atom. The summed E-state index contributed by atoms with van der Waals surface area (Å²) in [7, 11) is 0. The fourth-order valence-electron chi connectivity index (χ4n) is 4.05. The maximum atomic E-state index is 12.8. The van der Waals surface area contributed by atoms with E-state index in [1.807, 2.05) is 39.0 Å². The molecule has 0 atom stereocenters. The van der Waals surface area contributed by atoms with Crippen LogP contribution in [0.3, 0.4) is 0 Å². The van der Waals surface area contributed by atoms with Crippen molar-refractivity contribution in [3.8, 4) is 6.07 Å². The first kappa shape index (κ1) is 21.1. The van der Waals surface area contributed by atoms with Gasteiger partial charge >= 0.3 is 0 Å². The molecule has 32 heavy (non-hydrogen) atoms. The van der Waals surface area contributed by atoms with Crippen LogP contribution in [-0.2, 0) is 10.3 Å². The lowest BCUT2D eigenvalue weighted by atomic mass is 9.92. The highest BCUT2D eigenvalue weighted by atomic mass is 16.2. The molecule has 1 aliphatic rings. The summed E-state index contributed by atoms with van der Waals surface area (Å²) in [5.41, 5.74) is 8.17. The smallest absolute Gasteiger partial charge is 0.255 e. The molecule has 2 amide bonds. The summed E-state index contributed by atoms with van der Waals surface area (Å²) in [5.74, 6) is -0.122. The van der Waals surface area contributed by atoms with Crippen LogP contribution < -0.4 is 10.7 Å². The predicted molar refractivity (Wildman–Crippen MR) is 120 cm³/mol. The molecule has 1 aromatic carbocycles.